The molecule has 1 fully saturated rings. The highest BCUT2D eigenvalue weighted by Crippen LogP contribution is 2.22. The second-order valence-corrected chi connectivity index (χ2v) is 7.97. The molecule has 1 heterocycles. The van der Waals surface area contributed by atoms with E-state index in [1.54, 1.807) is 0 Å². The van der Waals surface area contributed by atoms with Gasteiger partial charge in [0, 0.05) is 29.6 Å². The summed E-state index contributed by atoms with van der Waals surface area (Å²) in [4.78, 5) is 2.44. The van der Waals surface area contributed by atoms with E-state index in [-0.39, 0.29) is 0 Å². The molecule has 0 amide bonds. The summed E-state index contributed by atoms with van der Waals surface area (Å²) in [5.41, 5.74) is 0. The molecule has 0 aromatic rings. The lowest BCUT2D eigenvalue weighted by atomic mass is 9.94. The summed E-state index contributed by atoms with van der Waals surface area (Å²) < 4.78 is 0.403. The number of hydrogen-bond donors (Lipinski definition) is 1. The van der Waals surface area contributed by atoms with Gasteiger partial charge in [0.2, 0.25) is 0 Å². The normalized spacial score (nSPS) is 28.3. The van der Waals surface area contributed by atoms with Crippen LogP contribution in [0.4, 0.5) is 0 Å². The first-order valence-corrected chi connectivity index (χ1v) is 7.43. The highest BCUT2D eigenvalue weighted by molar-refractivity contribution is 8.00. The fourth-order valence-corrected chi connectivity index (χ4v) is 3.09. The smallest absolute Gasteiger partial charge is 0.0117 e. The van der Waals surface area contributed by atoms with Crippen molar-refractivity contribution in [1.82, 2.24) is 10.2 Å². The van der Waals surface area contributed by atoms with E-state index < -0.39 is 0 Å². The van der Waals surface area contributed by atoms with Crippen LogP contribution in [0.2, 0.25) is 0 Å². The zero-order chi connectivity index (χ0) is 12.2. The van der Waals surface area contributed by atoms with Gasteiger partial charge in [-0.15, -0.1) is 0 Å². The van der Waals surface area contributed by atoms with Crippen molar-refractivity contribution < 1.29 is 0 Å². The molecule has 16 heavy (non-hydrogen) atoms. The summed E-state index contributed by atoms with van der Waals surface area (Å²) in [7, 11) is 2.22. The first-order valence-electron chi connectivity index (χ1n) is 6.44. The van der Waals surface area contributed by atoms with Crippen molar-refractivity contribution in [2.75, 3.05) is 32.4 Å². The Morgan fingerprint density at radius 3 is 2.62 bits per heavy atom. The Labute approximate surface area is 106 Å². The van der Waals surface area contributed by atoms with Crippen LogP contribution in [0.25, 0.3) is 0 Å². The summed E-state index contributed by atoms with van der Waals surface area (Å²) in [6.45, 7) is 12.9. The van der Waals surface area contributed by atoms with Gasteiger partial charge in [0.05, 0.1) is 0 Å². The zero-order valence-electron chi connectivity index (χ0n) is 11.5. The number of piperidine rings is 1. The molecule has 0 radical (unpaired) electrons. The van der Waals surface area contributed by atoms with E-state index in [1.165, 1.54) is 25.3 Å². The summed E-state index contributed by atoms with van der Waals surface area (Å²) in [5.74, 6) is 2.01. The van der Waals surface area contributed by atoms with Gasteiger partial charge >= 0.3 is 0 Å². The second-order valence-electron chi connectivity index (χ2n) is 6.05. The van der Waals surface area contributed by atoms with Crippen LogP contribution in [0.1, 0.15) is 34.1 Å². The highest BCUT2D eigenvalue weighted by atomic mass is 32.2. The summed E-state index contributed by atoms with van der Waals surface area (Å²) in [6.07, 6.45) is 1.30. The van der Waals surface area contributed by atoms with Gasteiger partial charge in [0.1, 0.15) is 0 Å². The summed E-state index contributed by atoms with van der Waals surface area (Å²) in [5, 5.41) is 3.72. The van der Waals surface area contributed by atoms with Crippen molar-refractivity contribution in [3.05, 3.63) is 0 Å². The van der Waals surface area contributed by atoms with Crippen LogP contribution < -0.4 is 5.32 Å². The van der Waals surface area contributed by atoms with Gasteiger partial charge in [-0.25, -0.2) is 0 Å². The maximum absolute atomic E-state index is 3.72. The molecule has 0 aromatic carbocycles. The van der Waals surface area contributed by atoms with Crippen LogP contribution in [-0.2, 0) is 0 Å². The average Bonchev–Trinajstić information content (AvgIpc) is 2.13. The van der Waals surface area contributed by atoms with Crippen LogP contribution in [0.5, 0.6) is 0 Å². The Hall–Kier alpha value is 0.270. The molecular weight excluding hydrogens is 216 g/mol. The van der Waals surface area contributed by atoms with Crippen molar-refractivity contribution in [2.45, 2.75) is 44.9 Å². The molecule has 0 saturated carbocycles. The van der Waals surface area contributed by atoms with Crippen molar-refractivity contribution in [2.24, 2.45) is 5.92 Å². The third-order valence-electron chi connectivity index (χ3n) is 3.15. The fraction of sp³-hybridized carbons (Fsp3) is 1.00. The van der Waals surface area contributed by atoms with Gasteiger partial charge in [-0.2, -0.15) is 11.8 Å². The SMILES string of the molecule is CC1CN(C)CCC1NCCSC(C)(C)C. The molecule has 2 atom stereocenters. The Balaban J connectivity index is 2.13. The standard InChI is InChI=1S/C13H28N2S/c1-11-10-15(5)8-6-12(11)14-7-9-16-13(2,3)4/h11-12,14H,6-10H2,1-5H3. The van der Waals surface area contributed by atoms with Crippen molar-refractivity contribution in [1.29, 1.82) is 0 Å². The summed E-state index contributed by atoms with van der Waals surface area (Å²) in [6, 6.07) is 0.733. The van der Waals surface area contributed by atoms with E-state index in [0.717, 1.165) is 18.5 Å². The molecule has 1 N–H and O–H groups in total. The molecule has 1 rings (SSSR count). The molecule has 2 nitrogen and oxygen atoms in total. The fourth-order valence-electron chi connectivity index (χ4n) is 2.26. The van der Waals surface area contributed by atoms with Crippen molar-refractivity contribution in [3.63, 3.8) is 0 Å². The van der Waals surface area contributed by atoms with E-state index in [2.05, 4.69) is 56.7 Å². The molecule has 1 saturated heterocycles. The lowest BCUT2D eigenvalue weighted by molar-refractivity contribution is 0.177. The number of nitrogens with one attached hydrogen (secondary N) is 1. The Morgan fingerprint density at radius 2 is 2.06 bits per heavy atom. The van der Waals surface area contributed by atoms with E-state index in [4.69, 9.17) is 0 Å². The molecule has 0 aromatic heterocycles. The third kappa shape index (κ3) is 5.55. The monoisotopic (exact) mass is 244 g/mol. The molecule has 1 aliphatic rings. The Kier molecular flexibility index (Phi) is 5.62. The minimum atomic E-state index is 0.403. The second kappa shape index (κ2) is 6.27. The molecule has 0 aliphatic carbocycles. The zero-order valence-corrected chi connectivity index (χ0v) is 12.4. The van der Waals surface area contributed by atoms with Crippen molar-refractivity contribution >= 4 is 11.8 Å². The predicted octanol–water partition coefficient (Wildman–Crippen LogP) is 2.45. The Bertz CT molecular complexity index is 201. The van der Waals surface area contributed by atoms with Gasteiger partial charge in [-0.05, 0) is 25.9 Å². The number of hydrogen-bond acceptors (Lipinski definition) is 3. The van der Waals surface area contributed by atoms with Crippen molar-refractivity contribution in [3.8, 4) is 0 Å². The molecule has 1 aliphatic heterocycles. The molecule has 0 spiro atoms. The maximum Gasteiger partial charge on any atom is 0.0117 e. The minimum Gasteiger partial charge on any atom is -0.313 e. The minimum absolute atomic E-state index is 0.403. The predicted molar refractivity (Wildman–Crippen MR) is 75.3 cm³/mol. The number of thioether (sulfide) groups is 1. The van der Waals surface area contributed by atoms with E-state index in [1.807, 2.05) is 0 Å². The number of rotatable bonds is 4. The van der Waals surface area contributed by atoms with Gasteiger partial charge in [-0.1, -0.05) is 27.7 Å². The van der Waals surface area contributed by atoms with Crippen LogP contribution in [0, 0.1) is 5.92 Å². The van der Waals surface area contributed by atoms with Gasteiger partial charge < -0.3 is 10.2 Å². The molecule has 0 bridgehead atoms. The van der Waals surface area contributed by atoms with Crippen LogP contribution in [-0.4, -0.2) is 48.1 Å². The van der Waals surface area contributed by atoms with Crippen LogP contribution in [0.3, 0.4) is 0 Å². The van der Waals surface area contributed by atoms with Crippen LogP contribution in [0.15, 0.2) is 0 Å². The van der Waals surface area contributed by atoms with Gasteiger partial charge in [0.25, 0.3) is 0 Å². The average molecular weight is 244 g/mol. The lowest BCUT2D eigenvalue weighted by Gasteiger charge is -2.35. The number of nitrogens with zero attached hydrogens (tertiary/aromatic N) is 1. The van der Waals surface area contributed by atoms with Gasteiger partial charge in [-0.3, -0.25) is 0 Å². The van der Waals surface area contributed by atoms with Gasteiger partial charge in [0.15, 0.2) is 0 Å². The molecular formula is C13H28N2S. The Morgan fingerprint density at radius 1 is 1.38 bits per heavy atom. The highest BCUT2D eigenvalue weighted by Gasteiger charge is 2.23. The first kappa shape index (κ1) is 14.3. The molecule has 3 heteroatoms. The van der Waals surface area contributed by atoms with E-state index >= 15 is 0 Å². The first-order chi connectivity index (χ1) is 7.38. The van der Waals surface area contributed by atoms with Crippen LogP contribution >= 0.6 is 11.8 Å². The quantitative estimate of drug-likeness (QED) is 0.765. The number of likely N-dealkylation sites (tertiary alicyclic amines) is 1. The molecule has 2 unspecified atom stereocenters. The topological polar surface area (TPSA) is 15.3 Å². The van der Waals surface area contributed by atoms with E-state index in [0.29, 0.717) is 4.75 Å². The molecule has 96 valence electrons. The third-order valence-corrected chi connectivity index (χ3v) is 4.43. The summed E-state index contributed by atoms with van der Waals surface area (Å²) >= 11 is 2.05. The lowest BCUT2D eigenvalue weighted by Crippen LogP contribution is -2.47. The largest absolute Gasteiger partial charge is 0.313 e. The van der Waals surface area contributed by atoms with E-state index in [9.17, 15) is 0 Å². The maximum atomic E-state index is 3.72.